The highest BCUT2D eigenvalue weighted by atomic mass is 32.2. The fourth-order valence-corrected chi connectivity index (χ4v) is 3.06. The number of nitrogens with zero attached hydrogens (tertiary/aromatic N) is 3. The third-order valence-electron chi connectivity index (χ3n) is 2.61. The van der Waals surface area contributed by atoms with Crippen molar-refractivity contribution in [2.75, 3.05) is 17.8 Å². The van der Waals surface area contributed by atoms with Crippen molar-refractivity contribution in [3.05, 3.63) is 12.4 Å². The minimum atomic E-state index is -3.39. The first-order valence-corrected chi connectivity index (χ1v) is 6.78. The Morgan fingerprint density at radius 1 is 1.31 bits per heavy atom. The average molecular weight is 244 g/mol. The van der Waals surface area contributed by atoms with Crippen LogP contribution in [0.2, 0.25) is 0 Å². The molecule has 1 aliphatic heterocycles. The maximum Gasteiger partial charge on any atom is 0.301 e. The van der Waals surface area contributed by atoms with E-state index < -0.39 is 10.2 Å². The fraction of sp³-hybridized carbons (Fsp3) is 0.667. The average Bonchev–Trinajstić information content (AvgIpc) is 2.64. The van der Waals surface area contributed by atoms with E-state index in [9.17, 15) is 8.42 Å². The van der Waals surface area contributed by atoms with Crippen LogP contribution in [0.15, 0.2) is 12.4 Å². The molecule has 0 aromatic carbocycles. The second kappa shape index (κ2) is 4.42. The van der Waals surface area contributed by atoms with Crippen molar-refractivity contribution in [2.45, 2.75) is 19.3 Å². The Bertz CT molecular complexity index is 448. The van der Waals surface area contributed by atoms with Gasteiger partial charge in [0.25, 0.3) is 0 Å². The molecule has 0 spiro atoms. The molecule has 7 heteroatoms. The smallest absolute Gasteiger partial charge is 0.274 e. The number of rotatable bonds is 3. The lowest BCUT2D eigenvalue weighted by Gasteiger charge is -2.25. The van der Waals surface area contributed by atoms with Gasteiger partial charge in [-0.2, -0.15) is 17.8 Å². The summed E-state index contributed by atoms with van der Waals surface area (Å²) in [6.45, 7) is 1.21. The van der Waals surface area contributed by atoms with E-state index in [2.05, 4.69) is 9.82 Å². The van der Waals surface area contributed by atoms with Gasteiger partial charge in [0, 0.05) is 26.3 Å². The lowest BCUT2D eigenvalue weighted by Crippen LogP contribution is -2.39. The van der Waals surface area contributed by atoms with Crippen LogP contribution in [0.1, 0.15) is 19.3 Å². The minimum Gasteiger partial charge on any atom is -0.274 e. The predicted octanol–water partition coefficient (Wildman–Crippen LogP) is 0.563. The van der Waals surface area contributed by atoms with Crippen molar-refractivity contribution in [3.63, 3.8) is 0 Å². The predicted molar refractivity (Wildman–Crippen MR) is 61.2 cm³/mol. The molecule has 0 amide bonds. The van der Waals surface area contributed by atoms with Gasteiger partial charge < -0.3 is 0 Å². The summed E-state index contributed by atoms with van der Waals surface area (Å²) < 4.78 is 29.5. The molecule has 0 bridgehead atoms. The first-order valence-electron chi connectivity index (χ1n) is 5.34. The summed E-state index contributed by atoms with van der Waals surface area (Å²) in [6.07, 6.45) is 6.13. The van der Waals surface area contributed by atoms with Crippen molar-refractivity contribution < 1.29 is 8.42 Å². The highest BCUT2D eigenvalue weighted by Crippen LogP contribution is 2.15. The van der Waals surface area contributed by atoms with Gasteiger partial charge in [-0.1, -0.05) is 6.42 Å². The van der Waals surface area contributed by atoms with E-state index in [1.54, 1.807) is 17.9 Å². The molecule has 0 radical (unpaired) electrons. The van der Waals surface area contributed by atoms with Crippen LogP contribution in [0.4, 0.5) is 5.69 Å². The third kappa shape index (κ3) is 2.53. The van der Waals surface area contributed by atoms with Crippen LogP contribution >= 0.6 is 0 Å². The van der Waals surface area contributed by atoms with Gasteiger partial charge in [-0.15, -0.1) is 0 Å². The largest absolute Gasteiger partial charge is 0.301 e. The topological polar surface area (TPSA) is 67.2 Å². The maximum absolute atomic E-state index is 11.9. The van der Waals surface area contributed by atoms with Crippen LogP contribution in [0.3, 0.4) is 0 Å². The van der Waals surface area contributed by atoms with Crippen molar-refractivity contribution in [1.82, 2.24) is 14.1 Å². The molecule has 1 N–H and O–H groups in total. The van der Waals surface area contributed by atoms with E-state index >= 15 is 0 Å². The standard InChI is InChI=1S/C9H16N4O2S/c1-12-8-9(7-10-12)11-16(14,15)13-5-3-2-4-6-13/h7-8,11H,2-6H2,1H3. The summed E-state index contributed by atoms with van der Waals surface area (Å²) in [5, 5.41) is 3.92. The molecule has 1 fully saturated rings. The van der Waals surface area contributed by atoms with Crippen molar-refractivity contribution >= 4 is 15.9 Å². The zero-order valence-electron chi connectivity index (χ0n) is 9.26. The summed E-state index contributed by atoms with van der Waals surface area (Å²) in [4.78, 5) is 0. The Kier molecular flexibility index (Phi) is 3.15. The van der Waals surface area contributed by atoms with E-state index in [1.807, 2.05) is 0 Å². The van der Waals surface area contributed by atoms with Gasteiger partial charge in [0.1, 0.15) is 0 Å². The molecule has 1 aliphatic rings. The van der Waals surface area contributed by atoms with E-state index in [-0.39, 0.29) is 0 Å². The van der Waals surface area contributed by atoms with Crippen LogP contribution < -0.4 is 4.72 Å². The number of piperidine rings is 1. The van der Waals surface area contributed by atoms with Gasteiger partial charge in [-0.3, -0.25) is 9.40 Å². The summed E-state index contributed by atoms with van der Waals surface area (Å²) in [6, 6.07) is 0. The molecule has 1 aromatic heterocycles. The van der Waals surface area contributed by atoms with Crippen molar-refractivity contribution in [2.24, 2.45) is 7.05 Å². The third-order valence-corrected chi connectivity index (χ3v) is 4.15. The molecule has 90 valence electrons. The number of anilines is 1. The van der Waals surface area contributed by atoms with Gasteiger partial charge in [-0.25, -0.2) is 0 Å². The van der Waals surface area contributed by atoms with Crippen molar-refractivity contribution in [3.8, 4) is 0 Å². The molecule has 16 heavy (non-hydrogen) atoms. The number of hydrogen-bond donors (Lipinski definition) is 1. The maximum atomic E-state index is 11.9. The Morgan fingerprint density at radius 3 is 2.56 bits per heavy atom. The molecule has 6 nitrogen and oxygen atoms in total. The van der Waals surface area contributed by atoms with E-state index in [0.717, 1.165) is 19.3 Å². The molecule has 0 aliphatic carbocycles. The molecule has 0 saturated carbocycles. The molecule has 2 rings (SSSR count). The SMILES string of the molecule is Cn1cc(NS(=O)(=O)N2CCCCC2)cn1. The molecule has 1 aromatic rings. The van der Waals surface area contributed by atoms with E-state index in [4.69, 9.17) is 0 Å². The van der Waals surface area contributed by atoms with Crippen LogP contribution in [-0.4, -0.2) is 35.6 Å². The fourth-order valence-electron chi connectivity index (χ4n) is 1.79. The Hall–Kier alpha value is -1.08. The number of aromatic nitrogens is 2. The first-order chi connectivity index (χ1) is 7.58. The van der Waals surface area contributed by atoms with E-state index in [1.165, 1.54) is 10.5 Å². The van der Waals surface area contributed by atoms with Crippen LogP contribution in [0.25, 0.3) is 0 Å². The van der Waals surface area contributed by atoms with Gasteiger partial charge in [0.05, 0.1) is 11.9 Å². The number of hydrogen-bond acceptors (Lipinski definition) is 3. The van der Waals surface area contributed by atoms with Crippen molar-refractivity contribution in [1.29, 1.82) is 0 Å². The van der Waals surface area contributed by atoms with Gasteiger partial charge in [-0.05, 0) is 12.8 Å². The second-order valence-electron chi connectivity index (χ2n) is 3.97. The second-order valence-corrected chi connectivity index (χ2v) is 5.64. The van der Waals surface area contributed by atoms with Gasteiger partial charge in [0.2, 0.25) is 0 Å². The lowest BCUT2D eigenvalue weighted by atomic mass is 10.2. The number of nitrogens with one attached hydrogen (secondary N) is 1. The lowest BCUT2D eigenvalue weighted by molar-refractivity contribution is 0.349. The van der Waals surface area contributed by atoms with Crippen LogP contribution in [0, 0.1) is 0 Å². The van der Waals surface area contributed by atoms with Gasteiger partial charge in [0.15, 0.2) is 0 Å². The monoisotopic (exact) mass is 244 g/mol. The summed E-state index contributed by atoms with van der Waals surface area (Å²) in [7, 11) is -1.64. The van der Waals surface area contributed by atoms with Crippen LogP contribution in [0.5, 0.6) is 0 Å². The molecular weight excluding hydrogens is 228 g/mol. The normalized spacial score (nSPS) is 18.6. The first kappa shape index (κ1) is 11.4. The summed E-state index contributed by atoms with van der Waals surface area (Å²) in [5.41, 5.74) is 0.507. The Balaban J connectivity index is 2.07. The molecule has 2 heterocycles. The van der Waals surface area contributed by atoms with Crippen LogP contribution in [-0.2, 0) is 17.3 Å². The zero-order valence-corrected chi connectivity index (χ0v) is 10.1. The summed E-state index contributed by atoms with van der Waals surface area (Å²) >= 11 is 0. The highest BCUT2D eigenvalue weighted by Gasteiger charge is 2.23. The number of aryl methyl sites for hydroxylation is 1. The molecular formula is C9H16N4O2S. The zero-order chi connectivity index (χ0) is 11.6. The highest BCUT2D eigenvalue weighted by molar-refractivity contribution is 7.90. The minimum absolute atomic E-state index is 0.507. The van der Waals surface area contributed by atoms with E-state index in [0.29, 0.717) is 18.8 Å². The molecule has 0 unspecified atom stereocenters. The summed E-state index contributed by atoms with van der Waals surface area (Å²) in [5.74, 6) is 0. The molecule has 1 saturated heterocycles. The Morgan fingerprint density at radius 2 is 2.00 bits per heavy atom. The quantitative estimate of drug-likeness (QED) is 0.845. The Labute approximate surface area is 95.4 Å². The molecule has 0 atom stereocenters. The van der Waals surface area contributed by atoms with Gasteiger partial charge >= 0.3 is 10.2 Å².